The summed E-state index contributed by atoms with van der Waals surface area (Å²) in [4.78, 5) is 4.05. The maximum atomic E-state index is 5.71. The van der Waals surface area contributed by atoms with Crippen molar-refractivity contribution in [2.75, 3.05) is 0 Å². The summed E-state index contributed by atoms with van der Waals surface area (Å²) in [7, 11) is 0. The van der Waals surface area contributed by atoms with Crippen molar-refractivity contribution < 1.29 is 4.42 Å². The molecule has 4 aromatic rings. The van der Waals surface area contributed by atoms with E-state index in [1.165, 1.54) is 11.8 Å². The average Bonchev–Trinajstić information content (AvgIpc) is 3.33. The van der Waals surface area contributed by atoms with Gasteiger partial charge in [0, 0.05) is 12.4 Å². The number of tetrazole rings is 1. The molecule has 4 rings (SSSR count). The second-order valence-electron chi connectivity index (χ2n) is 5.16. The minimum Gasteiger partial charge on any atom is -0.411 e. The number of benzene rings is 1. The molecule has 9 heteroatoms. The molecule has 0 spiro atoms. The van der Waals surface area contributed by atoms with E-state index in [9.17, 15) is 0 Å². The lowest BCUT2D eigenvalue weighted by Crippen LogP contribution is -2.04. The number of pyridine rings is 1. The van der Waals surface area contributed by atoms with Crippen molar-refractivity contribution in [3.05, 3.63) is 60.7 Å². The number of thioether (sulfide) groups is 1. The zero-order chi connectivity index (χ0) is 17.1. The molecule has 25 heavy (non-hydrogen) atoms. The maximum absolute atomic E-state index is 5.71. The Balaban J connectivity index is 1.55. The molecule has 0 saturated carbocycles. The highest BCUT2D eigenvalue weighted by molar-refractivity contribution is 7.99. The third-order valence-electron chi connectivity index (χ3n) is 3.45. The smallest absolute Gasteiger partial charge is 0.277 e. The summed E-state index contributed by atoms with van der Waals surface area (Å²) in [6.07, 6.45) is 3.38. The number of nitrogens with zero attached hydrogens (tertiary/aromatic N) is 7. The first-order valence-corrected chi connectivity index (χ1v) is 8.43. The first kappa shape index (κ1) is 15.5. The van der Waals surface area contributed by atoms with Gasteiger partial charge in [-0.15, -0.1) is 15.3 Å². The first-order chi connectivity index (χ1) is 12.3. The van der Waals surface area contributed by atoms with Crippen LogP contribution in [-0.2, 0) is 0 Å². The number of para-hydroxylation sites is 1. The third kappa shape index (κ3) is 3.26. The quantitative estimate of drug-likeness (QED) is 0.506. The second-order valence-corrected chi connectivity index (χ2v) is 6.45. The van der Waals surface area contributed by atoms with Gasteiger partial charge in [-0.2, -0.15) is 4.68 Å². The highest BCUT2D eigenvalue weighted by Crippen LogP contribution is 2.34. The van der Waals surface area contributed by atoms with Gasteiger partial charge >= 0.3 is 0 Å². The van der Waals surface area contributed by atoms with Gasteiger partial charge < -0.3 is 4.42 Å². The van der Waals surface area contributed by atoms with Crippen LogP contribution in [0.4, 0.5) is 0 Å². The number of rotatable bonds is 5. The maximum Gasteiger partial charge on any atom is 0.277 e. The predicted octanol–water partition coefficient (Wildman–Crippen LogP) is 2.96. The molecule has 0 bridgehead atoms. The lowest BCUT2D eigenvalue weighted by molar-refractivity contribution is 0.464. The number of aromatic nitrogens is 7. The van der Waals surface area contributed by atoms with Gasteiger partial charge in [-0.25, -0.2) is 0 Å². The monoisotopic (exact) mass is 351 g/mol. The van der Waals surface area contributed by atoms with Gasteiger partial charge in [0.1, 0.15) is 0 Å². The zero-order valence-electron chi connectivity index (χ0n) is 13.2. The van der Waals surface area contributed by atoms with Crippen LogP contribution in [0.3, 0.4) is 0 Å². The zero-order valence-corrected chi connectivity index (χ0v) is 14.0. The lowest BCUT2D eigenvalue weighted by Gasteiger charge is -2.08. The minimum atomic E-state index is -0.0718. The summed E-state index contributed by atoms with van der Waals surface area (Å²) >= 11 is 1.40. The highest BCUT2D eigenvalue weighted by Gasteiger charge is 2.20. The Bertz CT molecular complexity index is 955. The van der Waals surface area contributed by atoms with Crippen molar-refractivity contribution in [2.24, 2.45) is 0 Å². The van der Waals surface area contributed by atoms with Crippen molar-refractivity contribution in [3.63, 3.8) is 0 Å². The molecule has 0 N–H and O–H groups in total. The van der Waals surface area contributed by atoms with Gasteiger partial charge in [0.2, 0.25) is 5.89 Å². The molecule has 1 aromatic carbocycles. The van der Waals surface area contributed by atoms with Gasteiger partial charge in [0.05, 0.1) is 16.5 Å². The molecular formula is C16H13N7OS. The van der Waals surface area contributed by atoms with Crippen molar-refractivity contribution >= 4 is 11.8 Å². The number of hydrogen-bond donors (Lipinski definition) is 0. The third-order valence-corrected chi connectivity index (χ3v) is 4.38. The Morgan fingerprint density at radius 3 is 2.72 bits per heavy atom. The summed E-state index contributed by atoms with van der Waals surface area (Å²) in [5.74, 6) is 1.14. The average molecular weight is 351 g/mol. The van der Waals surface area contributed by atoms with E-state index >= 15 is 0 Å². The Kier molecular flexibility index (Phi) is 4.21. The standard InChI is InChI=1S/C16H13N7OS/c1-11(14-18-21-22-23(14)13-7-3-2-4-8-13)25-16-20-19-15(24-16)12-6-5-9-17-10-12/h2-11H,1H3. The molecule has 0 aliphatic heterocycles. The van der Waals surface area contributed by atoms with Gasteiger partial charge in [-0.3, -0.25) is 4.98 Å². The molecule has 0 aliphatic rings. The Morgan fingerprint density at radius 1 is 1.04 bits per heavy atom. The molecule has 0 saturated heterocycles. The predicted molar refractivity (Wildman–Crippen MR) is 91.0 cm³/mol. The van der Waals surface area contributed by atoms with Crippen LogP contribution >= 0.6 is 11.8 Å². The topological polar surface area (TPSA) is 95.4 Å². The van der Waals surface area contributed by atoms with Gasteiger partial charge in [-0.1, -0.05) is 30.0 Å². The molecule has 0 aliphatic carbocycles. The lowest BCUT2D eigenvalue weighted by atomic mass is 10.3. The minimum absolute atomic E-state index is 0.0718. The van der Waals surface area contributed by atoms with Gasteiger partial charge in [-0.05, 0) is 41.6 Å². The summed E-state index contributed by atoms with van der Waals surface area (Å²) in [6, 6.07) is 13.4. The molecular weight excluding hydrogens is 338 g/mol. The van der Waals surface area contributed by atoms with Gasteiger partial charge in [0.15, 0.2) is 5.82 Å². The normalized spacial score (nSPS) is 12.2. The summed E-state index contributed by atoms with van der Waals surface area (Å²) in [5, 5.41) is 20.5. The Labute approximate surface area is 147 Å². The SMILES string of the molecule is CC(Sc1nnc(-c2cccnc2)o1)c1nnnn1-c1ccccc1. The van der Waals surface area contributed by atoms with Crippen LogP contribution in [0.5, 0.6) is 0 Å². The van der Waals surface area contributed by atoms with Crippen LogP contribution in [0.15, 0.2) is 64.5 Å². The molecule has 0 radical (unpaired) electrons. The molecule has 1 atom stereocenters. The van der Waals surface area contributed by atoms with Crippen LogP contribution in [0.1, 0.15) is 18.0 Å². The van der Waals surface area contributed by atoms with E-state index in [0.717, 1.165) is 11.3 Å². The van der Waals surface area contributed by atoms with Crippen LogP contribution in [-0.4, -0.2) is 35.4 Å². The summed E-state index contributed by atoms with van der Waals surface area (Å²) < 4.78 is 7.41. The van der Waals surface area contributed by atoms with Gasteiger partial charge in [0.25, 0.3) is 5.22 Å². The van der Waals surface area contributed by atoms with Crippen molar-refractivity contribution in [3.8, 4) is 17.1 Å². The van der Waals surface area contributed by atoms with E-state index in [0.29, 0.717) is 16.9 Å². The van der Waals surface area contributed by atoms with Crippen LogP contribution in [0.25, 0.3) is 17.1 Å². The molecule has 1 unspecified atom stereocenters. The molecule has 3 heterocycles. The van der Waals surface area contributed by atoms with E-state index in [1.807, 2.05) is 49.4 Å². The van der Waals surface area contributed by atoms with Crippen molar-refractivity contribution in [1.82, 2.24) is 35.4 Å². The highest BCUT2D eigenvalue weighted by atomic mass is 32.2. The van der Waals surface area contributed by atoms with E-state index in [2.05, 4.69) is 30.7 Å². The fourth-order valence-corrected chi connectivity index (χ4v) is 3.04. The number of hydrogen-bond acceptors (Lipinski definition) is 8. The van der Waals surface area contributed by atoms with Crippen molar-refractivity contribution in [2.45, 2.75) is 17.4 Å². The molecule has 3 aromatic heterocycles. The van der Waals surface area contributed by atoms with Crippen molar-refractivity contribution in [1.29, 1.82) is 0 Å². The van der Waals surface area contributed by atoms with E-state index in [4.69, 9.17) is 4.42 Å². The second kappa shape index (κ2) is 6.81. The Hall–Kier alpha value is -3.07. The molecule has 0 amide bonds. The largest absolute Gasteiger partial charge is 0.411 e. The fourth-order valence-electron chi connectivity index (χ4n) is 2.27. The van der Waals surface area contributed by atoms with E-state index < -0.39 is 0 Å². The van der Waals surface area contributed by atoms with E-state index in [1.54, 1.807) is 17.1 Å². The van der Waals surface area contributed by atoms with E-state index in [-0.39, 0.29) is 5.25 Å². The molecule has 8 nitrogen and oxygen atoms in total. The van der Waals surface area contributed by atoms with Crippen LogP contribution in [0, 0.1) is 0 Å². The van der Waals surface area contributed by atoms with Crippen LogP contribution < -0.4 is 0 Å². The first-order valence-electron chi connectivity index (χ1n) is 7.55. The van der Waals surface area contributed by atoms with Crippen LogP contribution in [0.2, 0.25) is 0 Å². The Morgan fingerprint density at radius 2 is 1.92 bits per heavy atom. The summed E-state index contributed by atoms with van der Waals surface area (Å²) in [5.41, 5.74) is 1.68. The summed E-state index contributed by atoms with van der Waals surface area (Å²) in [6.45, 7) is 1.99. The fraction of sp³-hybridized carbons (Fsp3) is 0.125. The molecule has 0 fully saturated rings. The molecule has 124 valence electrons.